The van der Waals surface area contributed by atoms with E-state index in [4.69, 9.17) is 11.6 Å². The number of hydrazine groups is 1. The van der Waals surface area contributed by atoms with E-state index in [1.54, 1.807) is 0 Å². The fourth-order valence-corrected chi connectivity index (χ4v) is 2.21. The molecule has 2 heterocycles. The first-order valence-corrected chi connectivity index (χ1v) is 6.00. The van der Waals surface area contributed by atoms with Crippen LogP contribution in [0.3, 0.4) is 0 Å². The lowest BCUT2D eigenvalue weighted by Crippen LogP contribution is -2.45. The summed E-state index contributed by atoms with van der Waals surface area (Å²) < 4.78 is 0.291. The second-order valence-corrected chi connectivity index (χ2v) is 4.91. The van der Waals surface area contributed by atoms with Crippen LogP contribution >= 0.6 is 22.9 Å². The van der Waals surface area contributed by atoms with Crippen LogP contribution in [0, 0.1) is 0 Å². The molecule has 1 amide bonds. The van der Waals surface area contributed by atoms with Gasteiger partial charge in [0.2, 0.25) is 9.47 Å². The van der Waals surface area contributed by atoms with E-state index in [1.807, 2.05) is 5.01 Å². The molecule has 7 heteroatoms. The molecule has 0 atom stereocenters. The molecule has 82 valence electrons. The first-order chi connectivity index (χ1) is 7.25. The molecule has 0 aromatic carbocycles. The van der Waals surface area contributed by atoms with Crippen LogP contribution < -0.4 is 5.43 Å². The van der Waals surface area contributed by atoms with Crippen LogP contribution in [0.1, 0.15) is 29.1 Å². The third-order valence-electron chi connectivity index (χ3n) is 2.21. The first-order valence-electron chi connectivity index (χ1n) is 4.80. The minimum absolute atomic E-state index is 0.221. The molecular formula is C8H11ClN4OS. The molecule has 1 fully saturated rings. The van der Waals surface area contributed by atoms with Gasteiger partial charge in [0.1, 0.15) is 0 Å². The van der Waals surface area contributed by atoms with E-state index in [0.717, 1.165) is 37.3 Å². The fraction of sp³-hybridized carbons (Fsp3) is 0.625. The Labute approximate surface area is 96.4 Å². The number of hydrogen-bond acceptors (Lipinski definition) is 5. The minimum Gasteiger partial charge on any atom is -0.283 e. The van der Waals surface area contributed by atoms with Crippen molar-refractivity contribution in [3.05, 3.63) is 9.47 Å². The number of halogens is 1. The van der Waals surface area contributed by atoms with E-state index in [0.29, 0.717) is 9.47 Å². The summed E-state index contributed by atoms with van der Waals surface area (Å²) in [6.07, 6.45) is 3.48. The Hall–Kier alpha value is -0.720. The van der Waals surface area contributed by atoms with Gasteiger partial charge in [-0.2, -0.15) is 0 Å². The number of amides is 1. The lowest BCUT2D eigenvalue weighted by Gasteiger charge is -2.26. The number of carbonyl (C=O) groups is 1. The summed E-state index contributed by atoms with van der Waals surface area (Å²) >= 11 is 6.69. The lowest BCUT2D eigenvalue weighted by molar-refractivity contribution is 0.0749. The standard InChI is InChI=1S/C8H11ClN4OS/c9-8-11-10-7(15-8)6(14)12-13-4-2-1-3-5-13/h1-5H2,(H,12,14). The van der Waals surface area contributed by atoms with E-state index >= 15 is 0 Å². The third kappa shape index (κ3) is 2.87. The highest BCUT2D eigenvalue weighted by atomic mass is 35.5. The van der Waals surface area contributed by atoms with Crippen LogP contribution in [0.25, 0.3) is 0 Å². The number of aromatic nitrogens is 2. The van der Waals surface area contributed by atoms with Crippen molar-refractivity contribution < 1.29 is 4.79 Å². The Morgan fingerprint density at radius 2 is 2.07 bits per heavy atom. The van der Waals surface area contributed by atoms with Gasteiger partial charge >= 0.3 is 0 Å². The van der Waals surface area contributed by atoms with Gasteiger partial charge in [0, 0.05) is 13.1 Å². The highest BCUT2D eigenvalue weighted by Gasteiger charge is 2.16. The molecule has 1 aromatic heterocycles. The van der Waals surface area contributed by atoms with Crippen LogP contribution in [0.2, 0.25) is 4.47 Å². The predicted molar refractivity (Wildman–Crippen MR) is 57.8 cm³/mol. The largest absolute Gasteiger partial charge is 0.296 e. The van der Waals surface area contributed by atoms with E-state index in [-0.39, 0.29) is 5.91 Å². The SMILES string of the molecule is O=C(NN1CCCCC1)c1nnc(Cl)s1. The van der Waals surface area contributed by atoms with Crippen molar-refractivity contribution in [2.75, 3.05) is 13.1 Å². The fourth-order valence-electron chi connectivity index (χ4n) is 1.49. The molecule has 0 saturated carbocycles. The maximum Gasteiger partial charge on any atom is 0.296 e. The molecular weight excluding hydrogens is 236 g/mol. The highest BCUT2D eigenvalue weighted by Crippen LogP contribution is 2.15. The molecule has 0 radical (unpaired) electrons. The number of rotatable bonds is 2. The van der Waals surface area contributed by atoms with E-state index in [9.17, 15) is 4.79 Å². The third-order valence-corrected chi connectivity index (χ3v) is 3.23. The molecule has 0 bridgehead atoms. The lowest BCUT2D eigenvalue weighted by atomic mass is 10.2. The van der Waals surface area contributed by atoms with Gasteiger partial charge in [-0.1, -0.05) is 17.8 Å². The van der Waals surface area contributed by atoms with Gasteiger partial charge in [0.15, 0.2) is 0 Å². The molecule has 1 aliphatic rings. The van der Waals surface area contributed by atoms with Gasteiger partial charge < -0.3 is 0 Å². The average molecular weight is 247 g/mol. The number of hydrogen-bond donors (Lipinski definition) is 1. The maximum absolute atomic E-state index is 11.6. The molecule has 2 rings (SSSR count). The Kier molecular flexibility index (Phi) is 3.50. The summed E-state index contributed by atoms with van der Waals surface area (Å²) in [5, 5.41) is 9.49. The topological polar surface area (TPSA) is 58.1 Å². The zero-order valence-electron chi connectivity index (χ0n) is 8.07. The Balaban J connectivity index is 1.91. The molecule has 0 aliphatic carbocycles. The van der Waals surface area contributed by atoms with Gasteiger partial charge in [-0.15, -0.1) is 10.2 Å². The normalized spacial score (nSPS) is 17.7. The van der Waals surface area contributed by atoms with Crippen molar-refractivity contribution >= 4 is 28.8 Å². The van der Waals surface area contributed by atoms with Crippen molar-refractivity contribution in [3.63, 3.8) is 0 Å². The predicted octanol–water partition coefficient (Wildman–Crippen LogP) is 1.32. The summed E-state index contributed by atoms with van der Waals surface area (Å²) in [6.45, 7) is 1.80. The zero-order chi connectivity index (χ0) is 10.7. The van der Waals surface area contributed by atoms with Gasteiger partial charge in [0.05, 0.1) is 0 Å². The zero-order valence-corrected chi connectivity index (χ0v) is 9.64. The summed E-state index contributed by atoms with van der Waals surface area (Å²) in [5.41, 5.74) is 2.79. The first kappa shape index (κ1) is 10.8. The minimum atomic E-state index is -0.221. The Morgan fingerprint density at radius 1 is 1.33 bits per heavy atom. The number of piperidine rings is 1. The molecule has 0 spiro atoms. The second kappa shape index (κ2) is 4.87. The highest BCUT2D eigenvalue weighted by molar-refractivity contribution is 7.17. The van der Waals surface area contributed by atoms with Crippen LogP contribution in [-0.2, 0) is 0 Å². The van der Waals surface area contributed by atoms with Crippen LogP contribution in [-0.4, -0.2) is 34.2 Å². The summed E-state index contributed by atoms with van der Waals surface area (Å²) in [4.78, 5) is 11.6. The van der Waals surface area contributed by atoms with E-state index in [1.165, 1.54) is 6.42 Å². The number of nitrogens with zero attached hydrogens (tertiary/aromatic N) is 3. The molecule has 1 aromatic rings. The van der Waals surface area contributed by atoms with Crippen molar-refractivity contribution in [2.45, 2.75) is 19.3 Å². The van der Waals surface area contributed by atoms with Crippen molar-refractivity contribution in [2.24, 2.45) is 0 Å². The molecule has 1 aliphatic heterocycles. The second-order valence-electron chi connectivity index (χ2n) is 3.35. The molecule has 15 heavy (non-hydrogen) atoms. The van der Waals surface area contributed by atoms with Crippen LogP contribution in [0.4, 0.5) is 0 Å². The van der Waals surface area contributed by atoms with Gasteiger partial charge in [-0.05, 0) is 24.4 Å². The van der Waals surface area contributed by atoms with Crippen LogP contribution in [0.15, 0.2) is 0 Å². The summed E-state index contributed by atoms with van der Waals surface area (Å²) in [7, 11) is 0. The monoisotopic (exact) mass is 246 g/mol. The number of carbonyl (C=O) groups excluding carboxylic acids is 1. The Morgan fingerprint density at radius 3 is 2.67 bits per heavy atom. The average Bonchev–Trinajstić information content (AvgIpc) is 2.66. The summed E-state index contributed by atoms with van der Waals surface area (Å²) in [6, 6.07) is 0. The molecule has 5 nitrogen and oxygen atoms in total. The van der Waals surface area contributed by atoms with Gasteiger partial charge in [-0.3, -0.25) is 10.2 Å². The summed E-state index contributed by atoms with van der Waals surface area (Å²) in [5.74, 6) is -0.221. The van der Waals surface area contributed by atoms with Crippen LogP contribution in [0.5, 0.6) is 0 Å². The quantitative estimate of drug-likeness (QED) is 0.855. The Bertz CT molecular complexity index is 350. The van der Waals surface area contributed by atoms with Crippen molar-refractivity contribution in [1.29, 1.82) is 0 Å². The molecule has 1 N–H and O–H groups in total. The van der Waals surface area contributed by atoms with E-state index in [2.05, 4.69) is 15.6 Å². The number of nitrogens with one attached hydrogen (secondary N) is 1. The van der Waals surface area contributed by atoms with Crippen molar-refractivity contribution in [1.82, 2.24) is 20.6 Å². The van der Waals surface area contributed by atoms with Gasteiger partial charge in [0.25, 0.3) is 5.91 Å². The molecule has 0 unspecified atom stereocenters. The smallest absolute Gasteiger partial charge is 0.283 e. The maximum atomic E-state index is 11.6. The molecule has 1 saturated heterocycles. The van der Waals surface area contributed by atoms with E-state index < -0.39 is 0 Å². The van der Waals surface area contributed by atoms with Gasteiger partial charge in [-0.25, -0.2) is 5.01 Å². The van der Waals surface area contributed by atoms with Crippen molar-refractivity contribution in [3.8, 4) is 0 Å².